The maximum atomic E-state index is 12.4. The van der Waals surface area contributed by atoms with E-state index >= 15 is 0 Å². The number of hydrogen-bond acceptors (Lipinski definition) is 2. The van der Waals surface area contributed by atoms with Crippen LogP contribution in [0, 0.1) is 5.41 Å². The molecule has 1 heterocycles. The van der Waals surface area contributed by atoms with Crippen LogP contribution in [0.25, 0.3) is 0 Å². The predicted molar refractivity (Wildman–Crippen MR) is 73.9 cm³/mol. The second-order valence-corrected chi connectivity index (χ2v) is 5.74. The van der Waals surface area contributed by atoms with Gasteiger partial charge in [0.1, 0.15) is 6.23 Å². The van der Waals surface area contributed by atoms with Gasteiger partial charge in [-0.15, -0.1) is 12.4 Å². The molecule has 0 radical (unpaired) electrons. The molecule has 0 amide bonds. The van der Waals surface area contributed by atoms with Crippen molar-refractivity contribution >= 4 is 12.4 Å². The molecule has 1 aliphatic heterocycles. The van der Waals surface area contributed by atoms with Crippen LogP contribution in [0.2, 0.25) is 0 Å². The van der Waals surface area contributed by atoms with Gasteiger partial charge in [-0.2, -0.15) is 13.2 Å². The van der Waals surface area contributed by atoms with Crippen LogP contribution in [-0.2, 0) is 17.3 Å². The molecule has 1 atom stereocenters. The van der Waals surface area contributed by atoms with Crippen molar-refractivity contribution in [2.75, 3.05) is 13.2 Å². The number of halogens is 4. The van der Waals surface area contributed by atoms with E-state index in [0.717, 1.165) is 24.2 Å². The van der Waals surface area contributed by atoms with Crippen LogP contribution >= 0.6 is 12.4 Å². The Kier molecular flexibility index (Phi) is 5.46. The predicted octanol–water partition coefficient (Wildman–Crippen LogP) is 3.64. The van der Waals surface area contributed by atoms with Crippen LogP contribution in [0.3, 0.4) is 0 Å². The molecule has 20 heavy (non-hydrogen) atoms. The van der Waals surface area contributed by atoms with Crippen LogP contribution in [-0.4, -0.2) is 19.4 Å². The molecule has 1 fully saturated rings. The van der Waals surface area contributed by atoms with Crippen molar-refractivity contribution in [1.82, 2.24) is 5.32 Å². The van der Waals surface area contributed by atoms with E-state index in [-0.39, 0.29) is 24.0 Å². The Balaban J connectivity index is 0.00000200. The van der Waals surface area contributed by atoms with Gasteiger partial charge in [-0.3, -0.25) is 5.32 Å². The summed E-state index contributed by atoms with van der Waals surface area (Å²) in [6.07, 6.45) is -3.82. The minimum atomic E-state index is -4.28. The molecule has 1 aromatic rings. The third-order valence-electron chi connectivity index (χ3n) is 3.19. The fraction of sp³-hybridized carbons (Fsp3) is 0.571. The maximum absolute atomic E-state index is 12.4. The Labute approximate surface area is 123 Å². The molecule has 6 heteroatoms. The zero-order valence-electron chi connectivity index (χ0n) is 11.5. The van der Waals surface area contributed by atoms with E-state index in [1.807, 2.05) is 0 Å². The quantitative estimate of drug-likeness (QED) is 0.900. The van der Waals surface area contributed by atoms with Crippen molar-refractivity contribution in [3.05, 3.63) is 35.4 Å². The standard InChI is InChI=1S/C14H18F3NO.ClH/c1-13(2)8-18-12(19-9-13)7-10-3-5-11(6-4-10)14(15,16)17;/h3-6,12,18H,7-9H2,1-2H3;1H. The molecule has 0 saturated carbocycles. The van der Waals surface area contributed by atoms with E-state index in [9.17, 15) is 13.2 Å². The first-order valence-corrected chi connectivity index (χ1v) is 6.27. The number of hydrogen-bond donors (Lipinski definition) is 1. The van der Waals surface area contributed by atoms with Crippen molar-refractivity contribution in [3.63, 3.8) is 0 Å². The molecule has 0 aromatic heterocycles. The highest BCUT2D eigenvalue weighted by atomic mass is 35.5. The van der Waals surface area contributed by atoms with E-state index in [1.165, 1.54) is 12.1 Å². The third-order valence-corrected chi connectivity index (χ3v) is 3.19. The monoisotopic (exact) mass is 309 g/mol. The third kappa shape index (κ3) is 4.65. The van der Waals surface area contributed by atoms with E-state index in [0.29, 0.717) is 13.0 Å². The first-order chi connectivity index (χ1) is 8.76. The van der Waals surface area contributed by atoms with Gasteiger partial charge in [0, 0.05) is 18.4 Å². The van der Waals surface area contributed by atoms with Gasteiger partial charge >= 0.3 is 6.18 Å². The molecule has 0 bridgehead atoms. The van der Waals surface area contributed by atoms with Crippen LogP contribution in [0.5, 0.6) is 0 Å². The topological polar surface area (TPSA) is 21.3 Å². The summed E-state index contributed by atoms with van der Waals surface area (Å²) in [5.41, 5.74) is 0.330. The number of ether oxygens (including phenoxy) is 1. The fourth-order valence-corrected chi connectivity index (χ4v) is 2.00. The number of nitrogens with one attached hydrogen (secondary N) is 1. The van der Waals surface area contributed by atoms with Crippen molar-refractivity contribution in [2.45, 2.75) is 32.7 Å². The molecule has 2 rings (SSSR count). The molecule has 1 N–H and O–H groups in total. The van der Waals surface area contributed by atoms with Crippen molar-refractivity contribution in [1.29, 1.82) is 0 Å². The molecule has 1 aromatic carbocycles. The normalized spacial score (nSPS) is 22.1. The number of benzene rings is 1. The molecule has 1 saturated heterocycles. The lowest BCUT2D eigenvalue weighted by Crippen LogP contribution is -2.48. The van der Waals surface area contributed by atoms with E-state index in [4.69, 9.17) is 4.74 Å². The maximum Gasteiger partial charge on any atom is 0.416 e. The van der Waals surface area contributed by atoms with Crippen molar-refractivity contribution in [3.8, 4) is 0 Å². The van der Waals surface area contributed by atoms with Gasteiger partial charge in [0.05, 0.1) is 12.2 Å². The highest BCUT2D eigenvalue weighted by Gasteiger charge is 2.30. The zero-order chi connectivity index (χ0) is 14.1. The van der Waals surface area contributed by atoms with Crippen molar-refractivity contribution < 1.29 is 17.9 Å². The Bertz CT molecular complexity index is 421. The summed E-state index contributed by atoms with van der Waals surface area (Å²) >= 11 is 0. The first-order valence-electron chi connectivity index (χ1n) is 6.27. The Hall–Kier alpha value is -0.780. The van der Waals surface area contributed by atoms with Gasteiger partial charge in [-0.25, -0.2) is 0 Å². The summed E-state index contributed by atoms with van der Waals surface area (Å²) in [6, 6.07) is 5.24. The first kappa shape index (κ1) is 17.3. The number of rotatable bonds is 2. The van der Waals surface area contributed by atoms with Gasteiger partial charge in [0.15, 0.2) is 0 Å². The van der Waals surface area contributed by atoms with Crippen LogP contribution < -0.4 is 5.32 Å². The fourth-order valence-electron chi connectivity index (χ4n) is 2.00. The molecular weight excluding hydrogens is 291 g/mol. The van der Waals surface area contributed by atoms with Gasteiger partial charge in [0.2, 0.25) is 0 Å². The van der Waals surface area contributed by atoms with Crippen LogP contribution in [0.15, 0.2) is 24.3 Å². The SMILES string of the molecule is CC1(C)CNC(Cc2ccc(C(F)(F)F)cc2)OC1.Cl. The lowest BCUT2D eigenvalue weighted by Gasteiger charge is -2.35. The van der Waals surface area contributed by atoms with Crippen molar-refractivity contribution in [2.24, 2.45) is 5.41 Å². The molecule has 0 spiro atoms. The Morgan fingerprint density at radius 2 is 1.85 bits per heavy atom. The lowest BCUT2D eigenvalue weighted by atomic mass is 9.93. The number of alkyl halides is 3. The summed E-state index contributed by atoms with van der Waals surface area (Å²) < 4.78 is 42.9. The highest BCUT2D eigenvalue weighted by molar-refractivity contribution is 5.85. The second kappa shape index (κ2) is 6.33. The summed E-state index contributed by atoms with van der Waals surface area (Å²) in [4.78, 5) is 0. The molecular formula is C14H19ClF3NO. The van der Waals surface area contributed by atoms with Gasteiger partial charge in [0.25, 0.3) is 0 Å². The van der Waals surface area contributed by atoms with E-state index < -0.39 is 11.7 Å². The van der Waals surface area contributed by atoms with Crippen LogP contribution in [0.4, 0.5) is 13.2 Å². The largest absolute Gasteiger partial charge is 0.416 e. The van der Waals surface area contributed by atoms with Crippen LogP contribution in [0.1, 0.15) is 25.0 Å². The van der Waals surface area contributed by atoms with E-state index in [2.05, 4.69) is 19.2 Å². The molecule has 1 unspecified atom stereocenters. The Morgan fingerprint density at radius 1 is 1.25 bits per heavy atom. The average molecular weight is 310 g/mol. The van der Waals surface area contributed by atoms with Gasteiger partial charge < -0.3 is 4.74 Å². The highest BCUT2D eigenvalue weighted by Crippen LogP contribution is 2.29. The summed E-state index contributed by atoms with van der Waals surface area (Å²) in [5, 5.41) is 3.26. The van der Waals surface area contributed by atoms with Gasteiger partial charge in [-0.1, -0.05) is 26.0 Å². The molecule has 0 aliphatic carbocycles. The Morgan fingerprint density at radius 3 is 2.30 bits per heavy atom. The summed E-state index contributed by atoms with van der Waals surface area (Å²) in [6.45, 7) is 5.71. The molecule has 2 nitrogen and oxygen atoms in total. The molecule has 1 aliphatic rings. The van der Waals surface area contributed by atoms with E-state index in [1.54, 1.807) is 0 Å². The van der Waals surface area contributed by atoms with Gasteiger partial charge in [-0.05, 0) is 17.7 Å². The minimum absolute atomic E-state index is 0. The minimum Gasteiger partial charge on any atom is -0.362 e. The molecule has 114 valence electrons. The lowest BCUT2D eigenvalue weighted by molar-refractivity contribution is -0.137. The summed E-state index contributed by atoms with van der Waals surface area (Å²) in [7, 11) is 0. The smallest absolute Gasteiger partial charge is 0.362 e. The zero-order valence-corrected chi connectivity index (χ0v) is 12.3. The average Bonchev–Trinajstić information content (AvgIpc) is 2.31. The second-order valence-electron chi connectivity index (χ2n) is 5.74. The summed E-state index contributed by atoms with van der Waals surface area (Å²) in [5.74, 6) is 0.